The first kappa shape index (κ1) is 14.9. The lowest BCUT2D eigenvalue weighted by atomic mass is 10.1. The van der Waals surface area contributed by atoms with Crippen LogP contribution in [0.2, 0.25) is 0 Å². The van der Waals surface area contributed by atoms with Gasteiger partial charge >= 0.3 is 0 Å². The van der Waals surface area contributed by atoms with E-state index in [2.05, 4.69) is 40.7 Å². The minimum atomic E-state index is 0.439. The van der Waals surface area contributed by atoms with E-state index in [9.17, 15) is 0 Å². The molecule has 0 aliphatic carbocycles. The third-order valence-electron chi connectivity index (χ3n) is 4.40. The molecule has 0 radical (unpaired) electrons. The summed E-state index contributed by atoms with van der Waals surface area (Å²) in [4.78, 5) is 7.37. The van der Waals surface area contributed by atoms with Crippen LogP contribution in [0.3, 0.4) is 0 Å². The van der Waals surface area contributed by atoms with Gasteiger partial charge in [0.2, 0.25) is 0 Å². The van der Waals surface area contributed by atoms with Gasteiger partial charge < -0.3 is 9.47 Å². The van der Waals surface area contributed by atoms with E-state index in [1.165, 1.54) is 37.9 Å². The highest BCUT2D eigenvalue weighted by Gasteiger charge is 2.19. The van der Waals surface area contributed by atoms with E-state index < -0.39 is 0 Å². The summed E-state index contributed by atoms with van der Waals surface area (Å²) >= 11 is 5.97. The van der Waals surface area contributed by atoms with Crippen LogP contribution in [0, 0.1) is 0 Å². The van der Waals surface area contributed by atoms with Gasteiger partial charge in [0.05, 0.1) is 11.0 Å². The van der Waals surface area contributed by atoms with E-state index in [0.29, 0.717) is 11.9 Å². The fourth-order valence-electron chi connectivity index (χ4n) is 3.44. The van der Waals surface area contributed by atoms with Gasteiger partial charge in [-0.1, -0.05) is 18.6 Å². The second kappa shape index (κ2) is 6.80. The summed E-state index contributed by atoms with van der Waals surface area (Å²) in [6.07, 6.45) is 4.90. The summed E-state index contributed by atoms with van der Waals surface area (Å²) in [6.45, 7) is 5.89. The summed E-state index contributed by atoms with van der Waals surface area (Å²) in [6, 6.07) is 8.86. The summed E-state index contributed by atoms with van der Waals surface area (Å²) < 4.78 is 2.40. The van der Waals surface area contributed by atoms with Gasteiger partial charge in [-0.25, -0.2) is 4.98 Å². The Labute approximate surface area is 131 Å². The number of nitrogens with zero attached hydrogens (tertiary/aromatic N) is 3. The van der Waals surface area contributed by atoms with E-state index in [1.807, 2.05) is 0 Å². The molecule has 1 aliphatic rings. The third-order valence-corrected chi connectivity index (χ3v) is 4.59. The molecule has 1 atom stereocenters. The van der Waals surface area contributed by atoms with Crippen molar-refractivity contribution in [2.24, 2.45) is 0 Å². The summed E-state index contributed by atoms with van der Waals surface area (Å²) in [5, 5.41) is 0. The van der Waals surface area contributed by atoms with Gasteiger partial charge in [-0.15, -0.1) is 11.6 Å². The van der Waals surface area contributed by atoms with Crippen LogP contribution in [0.1, 0.15) is 38.1 Å². The molecule has 0 amide bonds. The maximum atomic E-state index is 5.97. The molecule has 3 rings (SSSR count). The third kappa shape index (κ3) is 3.24. The Kier molecular flexibility index (Phi) is 4.81. The van der Waals surface area contributed by atoms with Crippen LogP contribution in [-0.4, -0.2) is 40.0 Å². The number of halogens is 1. The van der Waals surface area contributed by atoms with Crippen molar-refractivity contribution >= 4 is 22.6 Å². The van der Waals surface area contributed by atoms with Crippen LogP contribution in [0.25, 0.3) is 11.0 Å². The number of imidazole rings is 1. The Hall–Kier alpha value is -1.06. The van der Waals surface area contributed by atoms with Crippen LogP contribution in [0.5, 0.6) is 0 Å². The van der Waals surface area contributed by atoms with Crippen molar-refractivity contribution in [3.05, 3.63) is 30.1 Å². The molecule has 1 saturated heterocycles. The largest absolute Gasteiger partial charge is 0.324 e. The summed E-state index contributed by atoms with van der Waals surface area (Å²) in [7, 11) is 0. The summed E-state index contributed by atoms with van der Waals surface area (Å²) in [5.74, 6) is 1.75. The topological polar surface area (TPSA) is 21.1 Å². The molecule has 1 unspecified atom stereocenters. The molecular weight excluding hydrogens is 282 g/mol. The molecule has 0 N–H and O–H groups in total. The smallest absolute Gasteiger partial charge is 0.111 e. The number of alkyl halides is 1. The molecular formula is C17H24ClN3. The van der Waals surface area contributed by atoms with Crippen molar-refractivity contribution in [2.75, 3.05) is 25.5 Å². The van der Waals surface area contributed by atoms with Crippen molar-refractivity contribution in [3.63, 3.8) is 0 Å². The summed E-state index contributed by atoms with van der Waals surface area (Å²) in [5.41, 5.74) is 2.32. The molecule has 21 heavy (non-hydrogen) atoms. The number of rotatable bonds is 5. The fourth-order valence-corrected chi connectivity index (χ4v) is 3.61. The number of piperidine rings is 1. The average Bonchev–Trinajstić information content (AvgIpc) is 2.86. The van der Waals surface area contributed by atoms with Gasteiger partial charge in [0.15, 0.2) is 0 Å². The van der Waals surface area contributed by atoms with E-state index in [-0.39, 0.29) is 0 Å². The van der Waals surface area contributed by atoms with Crippen LogP contribution >= 0.6 is 11.6 Å². The van der Waals surface area contributed by atoms with Gasteiger partial charge in [0.25, 0.3) is 0 Å². The number of benzene rings is 1. The molecule has 114 valence electrons. The van der Waals surface area contributed by atoms with Crippen molar-refractivity contribution in [2.45, 2.75) is 38.6 Å². The Morgan fingerprint density at radius 1 is 1.19 bits per heavy atom. The zero-order valence-electron chi connectivity index (χ0n) is 12.8. The first-order chi connectivity index (χ1) is 10.3. The second-order valence-corrected chi connectivity index (χ2v) is 6.41. The first-order valence-corrected chi connectivity index (χ1v) is 8.57. The molecule has 1 fully saturated rings. The lowest BCUT2D eigenvalue weighted by Gasteiger charge is -2.30. The average molecular weight is 306 g/mol. The quantitative estimate of drug-likeness (QED) is 0.782. The number of fused-ring (bicyclic) bond motifs is 1. The molecule has 4 heteroatoms. The van der Waals surface area contributed by atoms with Gasteiger partial charge in [0.1, 0.15) is 5.82 Å². The van der Waals surface area contributed by atoms with E-state index in [4.69, 9.17) is 16.6 Å². The standard InChI is InChI=1S/C17H24ClN3/c1-14(13-20-11-5-2-6-12-20)21-16-8-4-3-7-15(16)19-17(21)9-10-18/h3-4,7-8,14H,2,5-6,9-13H2,1H3. The van der Waals surface area contributed by atoms with Crippen molar-refractivity contribution in [1.29, 1.82) is 0 Å². The Morgan fingerprint density at radius 2 is 1.95 bits per heavy atom. The number of likely N-dealkylation sites (tertiary alicyclic amines) is 1. The van der Waals surface area contributed by atoms with Crippen LogP contribution in [-0.2, 0) is 6.42 Å². The van der Waals surface area contributed by atoms with Gasteiger partial charge in [-0.3, -0.25) is 0 Å². The number of para-hydroxylation sites is 2. The zero-order valence-corrected chi connectivity index (χ0v) is 13.5. The molecule has 1 aliphatic heterocycles. The monoisotopic (exact) mass is 305 g/mol. The molecule has 1 aromatic carbocycles. The lowest BCUT2D eigenvalue weighted by Crippen LogP contribution is -2.34. The molecule has 1 aromatic heterocycles. The maximum absolute atomic E-state index is 5.97. The molecule has 0 spiro atoms. The van der Waals surface area contributed by atoms with Gasteiger partial charge in [-0.05, 0) is 45.0 Å². The van der Waals surface area contributed by atoms with Crippen LogP contribution in [0.4, 0.5) is 0 Å². The SMILES string of the molecule is CC(CN1CCCCC1)n1c(CCCl)nc2ccccc21. The minimum Gasteiger partial charge on any atom is -0.324 e. The first-order valence-electron chi connectivity index (χ1n) is 8.04. The normalized spacial score (nSPS) is 18.2. The predicted molar refractivity (Wildman–Crippen MR) is 89.2 cm³/mol. The molecule has 0 bridgehead atoms. The zero-order chi connectivity index (χ0) is 14.7. The Bertz CT molecular complexity index is 587. The van der Waals surface area contributed by atoms with Gasteiger partial charge in [-0.2, -0.15) is 0 Å². The highest BCUT2D eigenvalue weighted by atomic mass is 35.5. The van der Waals surface area contributed by atoms with E-state index in [1.54, 1.807) is 0 Å². The second-order valence-electron chi connectivity index (χ2n) is 6.04. The highest BCUT2D eigenvalue weighted by molar-refractivity contribution is 6.17. The number of hydrogen-bond acceptors (Lipinski definition) is 2. The van der Waals surface area contributed by atoms with Gasteiger partial charge in [0, 0.05) is 24.9 Å². The minimum absolute atomic E-state index is 0.439. The molecule has 3 nitrogen and oxygen atoms in total. The van der Waals surface area contributed by atoms with E-state index in [0.717, 1.165) is 24.3 Å². The lowest BCUT2D eigenvalue weighted by molar-refractivity contribution is 0.202. The molecule has 2 aromatic rings. The Morgan fingerprint density at radius 3 is 2.71 bits per heavy atom. The van der Waals surface area contributed by atoms with Crippen LogP contribution < -0.4 is 0 Å². The number of aromatic nitrogens is 2. The van der Waals surface area contributed by atoms with Crippen molar-refractivity contribution in [1.82, 2.24) is 14.5 Å². The number of hydrogen-bond donors (Lipinski definition) is 0. The maximum Gasteiger partial charge on any atom is 0.111 e. The highest BCUT2D eigenvalue weighted by Crippen LogP contribution is 2.23. The Balaban J connectivity index is 1.87. The van der Waals surface area contributed by atoms with Crippen LogP contribution in [0.15, 0.2) is 24.3 Å². The fraction of sp³-hybridized carbons (Fsp3) is 0.588. The van der Waals surface area contributed by atoms with Crippen molar-refractivity contribution in [3.8, 4) is 0 Å². The molecule has 2 heterocycles. The molecule has 0 saturated carbocycles. The number of aryl methyl sites for hydroxylation is 1. The predicted octanol–water partition coefficient (Wildman–Crippen LogP) is 3.86. The van der Waals surface area contributed by atoms with E-state index >= 15 is 0 Å². The van der Waals surface area contributed by atoms with Crippen molar-refractivity contribution < 1.29 is 0 Å².